The molecule has 0 aromatic carbocycles. The summed E-state index contributed by atoms with van der Waals surface area (Å²) < 4.78 is 11.1. The molecule has 0 rings (SSSR count). The number of aliphatic hydroxyl groups is 1. The van der Waals surface area contributed by atoms with Crippen LogP contribution >= 0.6 is 0 Å². The van der Waals surface area contributed by atoms with Gasteiger partial charge in [-0.3, -0.25) is 14.5 Å². The second-order valence-electron chi connectivity index (χ2n) is 21.9. The minimum atomic E-state index is -0.221. The van der Waals surface area contributed by atoms with Crippen LogP contribution in [0, 0.1) is 5.92 Å². The first-order chi connectivity index (χ1) is 33.7. The fourth-order valence-corrected chi connectivity index (χ4v) is 10.00. The average Bonchev–Trinajstić information content (AvgIpc) is 3.32. The Bertz CT molecular complexity index is 1110. The minimum absolute atomic E-state index is 0.0148. The zero-order valence-electron chi connectivity index (χ0n) is 47.4. The van der Waals surface area contributed by atoms with Crippen molar-refractivity contribution in [2.45, 2.75) is 342 Å². The first kappa shape index (κ1) is 67.3. The second kappa shape index (κ2) is 54.1. The van der Waals surface area contributed by atoms with Gasteiger partial charge in [0.1, 0.15) is 0 Å². The van der Waals surface area contributed by atoms with Gasteiger partial charge in [-0.05, 0) is 136 Å². The van der Waals surface area contributed by atoms with E-state index in [9.17, 15) is 14.7 Å². The Morgan fingerprint density at radius 2 is 0.725 bits per heavy atom. The van der Waals surface area contributed by atoms with Crippen molar-refractivity contribution in [1.82, 2.24) is 4.90 Å². The smallest absolute Gasteiger partial charge is 0.305 e. The molecule has 2 unspecified atom stereocenters. The van der Waals surface area contributed by atoms with Crippen LogP contribution in [0.5, 0.6) is 0 Å². The van der Waals surface area contributed by atoms with Crippen LogP contribution in [0.4, 0.5) is 0 Å². The van der Waals surface area contributed by atoms with Crippen molar-refractivity contribution in [2.24, 2.45) is 5.92 Å². The lowest BCUT2D eigenvalue weighted by Gasteiger charge is -2.30. The van der Waals surface area contributed by atoms with Crippen molar-refractivity contribution in [3.63, 3.8) is 0 Å². The number of hydrogen-bond acceptors (Lipinski definition) is 6. The molecule has 1 N–H and O–H groups in total. The minimum Gasteiger partial charge on any atom is -0.466 e. The quantitative estimate of drug-likeness (QED) is 0.0372. The molecular weight excluding hydrogens is 851 g/mol. The van der Waals surface area contributed by atoms with Crippen LogP contribution in [-0.4, -0.2) is 59.9 Å². The third-order valence-corrected chi connectivity index (χ3v) is 14.5. The van der Waals surface area contributed by atoms with Crippen LogP contribution in [0.3, 0.4) is 0 Å². The molecule has 0 aliphatic carbocycles. The van der Waals surface area contributed by atoms with Gasteiger partial charge in [-0.1, -0.05) is 212 Å². The highest BCUT2D eigenvalue weighted by atomic mass is 16.5. The van der Waals surface area contributed by atoms with E-state index in [-0.39, 0.29) is 18.0 Å². The maximum absolute atomic E-state index is 12.2. The lowest BCUT2D eigenvalue weighted by Crippen LogP contribution is -2.37. The summed E-state index contributed by atoms with van der Waals surface area (Å²) in [5.74, 6) is 0.542. The van der Waals surface area contributed by atoms with E-state index in [1.165, 1.54) is 193 Å². The molecule has 6 nitrogen and oxygen atoms in total. The van der Waals surface area contributed by atoms with E-state index in [1.54, 1.807) is 0 Å². The molecule has 2 atom stereocenters. The van der Waals surface area contributed by atoms with E-state index < -0.39 is 0 Å². The number of rotatable bonds is 55. The van der Waals surface area contributed by atoms with Crippen molar-refractivity contribution in [3.8, 4) is 0 Å². The number of unbranched alkanes of at least 4 members (excludes halogenated alkanes) is 31. The number of aliphatic hydroxyl groups excluding tert-OH is 1. The number of ether oxygens (including phenoxy) is 2. The molecule has 0 bridgehead atoms. The molecule has 408 valence electrons. The van der Waals surface area contributed by atoms with Gasteiger partial charge in [0.25, 0.3) is 0 Å². The monoisotopic (exact) mass is 972 g/mol. The van der Waals surface area contributed by atoms with Crippen LogP contribution in [0.25, 0.3) is 0 Å². The fourth-order valence-electron chi connectivity index (χ4n) is 10.00. The summed E-state index contributed by atoms with van der Waals surface area (Å²) in [4.78, 5) is 27.1. The van der Waals surface area contributed by atoms with Gasteiger partial charge in [0.15, 0.2) is 0 Å². The van der Waals surface area contributed by atoms with Crippen molar-refractivity contribution in [2.75, 3.05) is 19.8 Å². The highest BCUT2D eigenvalue weighted by molar-refractivity contribution is 5.69. The maximum Gasteiger partial charge on any atom is 0.305 e. The molecule has 0 amide bonds. The van der Waals surface area contributed by atoms with Crippen molar-refractivity contribution in [3.05, 3.63) is 24.3 Å². The van der Waals surface area contributed by atoms with Gasteiger partial charge in [-0.2, -0.15) is 0 Å². The van der Waals surface area contributed by atoms with E-state index in [4.69, 9.17) is 9.47 Å². The van der Waals surface area contributed by atoms with Crippen molar-refractivity contribution < 1.29 is 24.2 Å². The number of esters is 2. The summed E-state index contributed by atoms with van der Waals surface area (Å²) in [6.45, 7) is 16.0. The number of allylic oxidation sites excluding steroid dienone is 4. The van der Waals surface area contributed by atoms with Crippen LogP contribution in [0.1, 0.15) is 324 Å². The first-order valence-electron chi connectivity index (χ1n) is 30.8. The fraction of sp³-hybridized carbons (Fsp3) is 0.905. The van der Waals surface area contributed by atoms with Crippen molar-refractivity contribution in [1.29, 1.82) is 0 Å². The zero-order valence-corrected chi connectivity index (χ0v) is 47.4. The molecule has 0 aliphatic rings. The molecule has 0 saturated carbocycles. The number of nitrogens with zero attached hydrogens (tertiary/aromatic N) is 1. The van der Waals surface area contributed by atoms with Crippen LogP contribution in [-0.2, 0) is 19.1 Å². The van der Waals surface area contributed by atoms with E-state index in [0.717, 1.165) is 83.6 Å². The summed E-state index contributed by atoms with van der Waals surface area (Å²) in [5.41, 5.74) is 0. The summed E-state index contributed by atoms with van der Waals surface area (Å²) in [5, 5.41) is 11.1. The predicted molar refractivity (Wildman–Crippen MR) is 301 cm³/mol. The molecule has 0 aliphatic heterocycles. The summed E-state index contributed by atoms with van der Waals surface area (Å²) in [6, 6.07) is 1.15. The third-order valence-electron chi connectivity index (χ3n) is 14.5. The van der Waals surface area contributed by atoms with E-state index in [2.05, 4.69) is 70.7 Å². The van der Waals surface area contributed by atoms with Gasteiger partial charge in [0.05, 0.1) is 19.3 Å². The molecule has 0 radical (unpaired) electrons. The summed E-state index contributed by atoms with van der Waals surface area (Å²) in [6.07, 6.45) is 61.2. The topological polar surface area (TPSA) is 76.1 Å². The van der Waals surface area contributed by atoms with Gasteiger partial charge in [0, 0.05) is 24.9 Å². The largest absolute Gasteiger partial charge is 0.466 e. The third kappa shape index (κ3) is 51.1. The average molecular weight is 973 g/mol. The molecule has 0 aromatic rings. The molecule has 0 aromatic heterocycles. The highest BCUT2D eigenvalue weighted by Crippen LogP contribution is 2.25. The Labute approximate surface area is 431 Å². The highest BCUT2D eigenvalue weighted by Gasteiger charge is 2.17. The second-order valence-corrected chi connectivity index (χ2v) is 21.9. The standard InChI is InChI=1S/C63H121NO5/c1-7-9-11-13-15-17-19-21-23-25-27-29-31-36-43-52-62(66)68-55-47-39-34-33-35-41-49-60(50-45-46-54-64(58(3)4)59(5)6)57-61(65)51-42-38-40-48-56-69-63(67)53-44-37-32-30-28-26-24-22-20-18-16-14-12-10-8-2/h21-24,58-61,65H,7-20,25-57H2,1-6H3/b23-21-,24-22-. The molecule has 0 spiro atoms. The zero-order chi connectivity index (χ0) is 50.5. The number of carbonyl (C=O) groups excluding carboxylic acids is 2. The van der Waals surface area contributed by atoms with E-state index >= 15 is 0 Å². The number of carbonyl (C=O) groups is 2. The molecule has 6 heteroatoms. The van der Waals surface area contributed by atoms with Gasteiger partial charge in [-0.15, -0.1) is 0 Å². The Balaban J connectivity index is 4.09. The van der Waals surface area contributed by atoms with E-state index in [0.29, 0.717) is 44.1 Å². The van der Waals surface area contributed by atoms with Crippen LogP contribution in [0.2, 0.25) is 0 Å². The molecular formula is C63H121NO5. The maximum atomic E-state index is 12.2. The van der Waals surface area contributed by atoms with Gasteiger partial charge in [0.2, 0.25) is 0 Å². The molecule has 0 fully saturated rings. The predicted octanol–water partition coefficient (Wildman–Crippen LogP) is 19.5. The lowest BCUT2D eigenvalue weighted by molar-refractivity contribution is -0.144. The summed E-state index contributed by atoms with van der Waals surface area (Å²) >= 11 is 0. The van der Waals surface area contributed by atoms with Gasteiger partial charge in [-0.25, -0.2) is 0 Å². The van der Waals surface area contributed by atoms with E-state index in [1.807, 2.05) is 0 Å². The normalized spacial score (nSPS) is 13.0. The first-order valence-corrected chi connectivity index (χ1v) is 30.8. The molecule has 0 saturated heterocycles. The van der Waals surface area contributed by atoms with Crippen molar-refractivity contribution >= 4 is 11.9 Å². The SMILES string of the molecule is CCCCCCCC/C=C\CCCCCCCC(=O)OCCCCCCCCC(CCCCN(C(C)C)C(C)C)CC(O)CCCCCCOC(=O)CCCCCCC/C=C\CCCCCCCC. The Kier molecular flexibility index (Phi) is 52.8. The molecule has 0 heterocycles. The summed E-state index contributed by atoms with van der Waals surface area (Å²) in [7, 11) is 0. The number of hydrogen-bond donors (Lipinski definition) is 1. The lowest BCUT2D eigenvalue weighted by atomic mass is 9.88. The van der Waals surface area contributed by atoms with Crippen LogP contribution in [0.15, 0.2) is 24.3 Å². The van der Waals surface area contributed by atoms with Gasteiger partial charge < -0.3 is 14.6 Å². The van der Waals surface area contributed by atoms with Crippen LogP contribution < -0.4 is 0 Å². The molecule has 69 heavy (non-hydrogen) atoms. The Hall–Kier alpha value is -1.66. The van der Waals surface area contributed by atoms with Gasteiger partial charge >= 0.3 is 11.9 Å². The Morgan fingerprint density at radius 1 is 0.406 bits per heavy atom. The Morgan fingerprint density at radius 3 is 1.12 bits per heavy atom.